The molecule has 0 radical (unpaired) electrons. The molecular formula is C23H20N2O6S. The zero-order valence-electron chi connectivity index (χ0n) is 17.4. The minimum Gasteiger partial charge on any atom is -0.459 e. The zero-order chi connectivity index (χ0) is 22.8. The van der Waals surface area contributed by atoms with Crippen LogP contribution in [0.3, 0.4) is 0 Å². The Balaban J connectivity index is 1.41. The molecule has 5 rings (SSSR count). The van der Waals surface area contributed by atoms with Crippen molar-refractivity contribution < 1.29 is 28.1 Å². The Morgan fingerprint density at radius 3 is 2.12 bits per heavy atom. The number of amides is 3. The molecule has 1 unspecified atom stereocenters. The van der Waals surface area contributed by atoms with Crippen molar-refractivity contribution >= 4 is 34.5 Å². The first-order valence-corrected chi connectivity index (χ1v) is 11.4. The number of β-lactam (4-membered cyclic amide) rings is 1. The van der Waals surface area contributed by atoms with Crippen LogP contribution in [-0.4, -0.2) is 59.9 Å². The number of benzene rings is 2. The van der Waals surface area contributed by atoms with Crippen molar-refractivity contribution in [2.24, 2.45) is 0 Å². The molecule has 8 nitrogen and oxygen atoms in total. The third-order valence-corrected chi connectivity index (χ3v) is 8.46. The van der Waals surface area contributed by atoms with Gasteiger partial charge in [0.2, 0.25) is 0 Å². The average Bonchev–Trinajstić information content (AvgIpc) is 3.14. The van der Waals surface area contributed by atoms with Crippen LogP contribution in [-0.2, 0) is 31.7 Å². The van der Waals surface area contributed by atoms with Gasteiger partial charge in [-0.15, -0.1) is 0 Å². The number of fused-ring (bicyclic) bond motifs is 2. The lowest BCUT2D eigenvalue weighted by atomic mass is 9.95. The van der Waals surface area contributed by atoms with Crippen LogP contribution in [0.1, 0.15) is 40.1 Å². The number of hydrogen-bond donors (Lipinski definition) is 0. The van der Waals surface area contributed by atoms with Crippen molar-refractivity contribution in [2.75, 3.05) is 0 Å². The largest absolute Gasteiger partial charge is 0.459 e. The normalized spacial score (nSPS) is 27.8. The second kappa shape index (κ2) is 7.09. The molecule has 0 spiro atoms. The monoisotopic (exact) mass is 452 g/mol. The van der Waals surface area contributed by atoms with Crippen LogP contribution in [0.25, 0.3) is 0 Å². The smallest absolute Gasteiger partial charge is 0.330 e. The highest BCUT2D eigenvalue weighted by atomic mass is 32.2. The predicted molar refractivity (Wildman–Crippen MR) is 114 cm³/mol. The molecule has 2 aromatic rings. The molecule has 0 aliphatic carbocycles. The molecule has 2 aromatic carbocycles. The maximum absolute atomic E-state index is 13.3. The molecule has 0 N–H and O–H groups in total. The summed E-state index contributed by atoms with van der Waals surface area (Å²) in [4.78, 5) is 53.9. The summed E-state index contributed by atoms with van der Waals surface area (Å²) in [5, 5.41) is -0.950. The zero-order valence-corrected chi connectivity index (χ0v) is 18.2. The van der Waals surface area contributed by atoms with Gasteiger partial charge in [0.15, 0.2) is 6.04 Å². The molecule has 164 valence electrons. The molecule has 3 heterocycles. The van der Waals surface area contributed by atoms with Crippen molar-refractivity contribution in [1.82, 2.24) is 9.80 Å². The van der Waals surface area contributed by atoms with E-state index in [9.17, 15) is 23.4 Å². The lowest BCUT2D eigenvalue weighted by molar-refractivity contribution is -0.166. The summed E-state index contributed by atoms with van der Waals surface area (Å²) in [6.45, 7) is 3.28. The molecule has 3 aliphatic heterocycles. The minimum atomic E-state index is -1.70. The summed E-state index contributed by atoms with van der Waals surface area (Å²) >= 11 is 0. The quantitative estimate of drug-likeness (QED) is 0.396. The van der Waals surface area contributed by atoms with Crippen LogP contribution in [0.15, 0.2) is 54.6 Å². The highest BCUT2D eigenvalue weighted by molar-refractivity contribution is 7.87. The second-order valence-electron chi connectivity index (χ2n) is 8.50. The van der Waals surface area contributed by atoms with Gasteiger partial charge in [0.1, 0.15) is 18.0 Å². The summed E-state index contributed by atoms with van der Waals surface area (Å²) in [6.07, 6.45) is 0. The van der Waals surface area contributed by atoms with Crippen molar-refractivity contribution in [3.05, 3.63) is 71.3 Å². The Morgan fingerprint density at radius 1 is 0.969 bits per heavy atom. The fourth-order valence-electron chi connectivity index (χ4n) is 4.62. The topological polar surface area (TPSA) is 101 Å². The highest BCUT2D eigenvalue weighted by Crippen LogP contribution is 2.46. The van der Waals surface area contributed by atoms with E-state index < -0.39 is 56.7 Å². The Hall–Kier alpha value is -3.33. The molecule has 2 saturated heterocycles. The summed E-state index contributed by atoms with van der Waals surface area (Å²) in [6, 6.07) is 13.1. The van der Waals surface area contributed by atoms with Gasteiger partial charge in [-0.3, -0.25) is 23.5 Å². The highest BCUT2D eigenvalue weighted by Gasteiger charge is 2.71. The van der Waals surface area contributed by atoms with Gasteiger partial charge in [0.05, 0.1) is 26.7 Å². The number of carbonyl (C=O) groups is 4. The maximum atomic E-state index is 13.3. The molecule has 2 fully saturated rings. The van der Waals surface area contributed by atoms with E-state index in [1.807, 2.05) is 18.2 Å². The average molecular weight is 452 g/mol. The third-order valence-electron chi connectivity index (χ3n) is 6.28. The van der Waals surface area contributed by atoms with Crippen molar-refractivity contribution in [2.45, 2.75) is 42.7 Å². The fraction of sp³-hybridized carbons (Fsp3) is 0.304. The van der Waals surface area contributed by atoms with Gasteiger partial charge in [-0.25, -0.2) is 4.79 Å². The van der Waals surface area contributed by atoms with E-state index in [1.165, 1.54) is 17.0 Å². The number of carbonyl (C=O) groups excluding carboxylic acids is 4. The van der Waals surface area contributed by atoms with Gasteiger partial charge >= 0.3 is 5.97 Å². The molecule has 32 heavy (non-hydrogen) atoms. The number of rotatable bonds is 4. The van der Waals surface area contributed by atoms with Crippen LogP contribution in [0.2, 0.25) is 0 Å². The summed E-state index contributed by atoms with van der Waals surface area (Å²) < 4.78 is 17.7. The van der Waals surface area contributed by atoms with Crippen LogP contribution in [0, 0.1) is 0 Å². The SMILES string of the molecule is CC1(C)[C@H](C(=O)OCc2ccccc2)N2C(=O)[C@H](N3C(=O)c4ccccc4C3=O)[C@@H]2S1=O. The minimum absolute atomic E-state index is 0.0213. The van der Waals surface area contributed by atoms with Gasteiger partial charge in [-0.1, -0.05) is 42.5 Å². The number of hydrogen-bond acceptors (Lipinski definition) is 6. The van der Waals surface area contributed by atoms with Crippen molar-refractivity contribution in [1.29, 1.82) is 0 Å². The second-order valence-corrected chi connectivity index (χ2v) is 10.6. The summed E-state index contributed by atoms with van der Waals surface area (Å²) in [5.74, 6) is -2.42. The van der Waals surface area contributed by atoms with Crippen LogP contribution in [0.4, 0.5) is 0 Å². The lowest BCUT2D eigenvalue weighted by Gasteiger charge is -2.46. The van der Waals surface area contributed by atoms with Crippen LogP contribution < -0.4 is 0 Å². The Morgan fingerprint density at radius 2 is 1.53 bits per heavy atom. The third kappa shape index (κ3) is 2.70. The molecular weight excluding hydrogens is 432 g/mol. The standard InChI is InChI=1S/C23H20N2O6S/c1-23(2)17(22(29)31-12-13-8-4-3-5-9-13)25-20(28)16(21(25)32(23)30)24-18(26)14-10-6-7-11-15(14)19(24)27/h3-11,16-17,21H,12H2,1-2H3/t16-,17-,21-,32?/m0/s1. The number of nitrogens with zero attached hydrogens (tertiary/aromatic N) is 2. The number of ether oxygens (including phenoxy) is 1. The Labute approximate surface area is 186 Å². The molecule has 0 aromatic heterocycles. The molecule has 3 amide bonds. The Bertz CT molecular complexity index is 1160. The molecule has 9 heteroatoms. The maximum Gasteiger partial charge on any atom is 0.330 e. The van der Waals surface area contributed by atoms with E-state index in [0.717, 1.165) is 10.5 Å². The number of imide groups is 1. The first-order valence-electron chi connectivity index (χ1n) is 10.2. The van der Waals surface area contributed by atoms with Crippen molar-refractivity contribution in [3.63, 3.8) is 0 Å². The molecule has 0 saturated carbocycles. The first kappa shape index (κ1) is 20.6. The van der Waals surface area contributed by atoms with E-state index >= 15 is 0 Å². The van der Waals surface area contributed by atoms with Gasteiger partial charge in [-0.2, -0.15) is 0 Å². The predicted octanol–water partition coefficient (Wildman–Crippen LogP) is 1.47. The number of esters is 1. The van der Waals surface area contributed by atoms with E-state index in [2.05, 4.69) is 0 Å². The van der Waals surface area contributed by atoms with Crippen LogP contribution in [0.5, 0.6) is 0 Å². The summed E-state index contributed by atoms with van der Waals surface area (Å²) in [5.41, 5.74) is 1.21. The lowest BCUT2D eigenvalue weighted by Crippen LogP contribution is -2.72. The van der Waals surface area contributed by atoms with Gasteiger partial charge in [0, 0.05) is 0 Å². The Kier molecular flexibility index (Phi) is 4.56. The summed E-state index contributed by atoms with van der Waals surface area (Å²) in [7, 11) is -1.70. The molecule has 4 atom stereocenters. The van der Waals surface area contributed by atoms with Gasteiger partial charge < -0.3 is 9.64 Å². The first-order chi connectivity index (χ1) is 15.2. The van der Waals surface area contributed by atoms with Crippen molar-refractivity contribution in [3.8, 4) is 0 Å². The van der Waals surface area contributed by atoms with Gasteiger partial charge in [-0.05, 0) is 31.5 Å². The van der Waals surface area contributed by atoms with E-state index in [4.69, 9.17) is 4.74 Å². The molecule has 0 bridgehead atoms. The van der Waals surface area contributed by atoms with Crippen LogP contribution >= 0.6 is 0 Å². The fourth-order valence-corrected chi connectivity index (χ4v) is 6.58. The molecule has 3 aliphatic rings. The van der Waals surface area contributed by atoms with E-state index in [1.54, 1.807) is 38.1 Å². The van der Waals surface area contributed by atoms with E-state index in [-0.39, 0.29) is 17.7 Å². The van der Waals surface area contributed by atoms with E-state index in [0.29, 0.717) is 0 Å². The van der Waals surface area contributed by atoms with Gasteiger partial charge in [0.25, 0.3) is 17.7 Å².